The molecule has 0 aliphatic heterocycles. The fourth-order valence-electron chi connectivity index (χ4n) is 2.32. The van der Waals surface area contributed by atoms with Gasteiger partial charge in [0, 0.05) is 6.20 Å². The lowest BCUT2D eigenvalue weighted by Crippen LogP contribution is -2.39. The maximum atomic E-state index is 13.9. The minimum Gasteiger partial charge on any atom is -0.478 e. The van der Waals surface area contributed by atoms with E-state index in [2.05, 4.69) is 10.3 Å². The number of aromatic carboxylic acids is 1. The van der Waals surface area contributed by atoms with Crippen molar-refractivity contribution in [2.24, 2.45) is 0 Å². The van der Waals surface area contributed by atoms with Crippen LogP contribution in [0.15, 0.2) is 12.3 Å². The number of carboxylic acid groups (broad SMARTS) is 1. The molecule has 1 aromatic rings. The number of hydrogen-bond donors (Lipinski definition) is 3. The third-order valence-electron chi connectivity index (χ3n) is 3.37. The molecule has 5 nitrogen and oxygen atoms in total. The third kappa shape index (κ3) is 2.28. The highest BCUT2D eigenvalue weighted by Gasteiger charge is 2.34. The average Bonchev–Trinajstić information content (AvgIpc) is 2.81. The lowest BCUT2D eigenvalue weighted by atomic mass is 9.99. The lowest BCUT2D eigenvalue weighted by Gasteiger charge is -2.28. The molecule has 1 fully saturated rings. The van der Waals surface area contributed by atoms with Crippen LogP contribution in [0.3, 0.4) is 0 Å². The molecule has 6 heteroatoms. The van der Waals surface area contributed by atoms with Gasteiger partial charge in [-0.3, -0.25) is 0 Å². The Kier molecular flexibility index (Phi) is 3.47. The van der Waals surface area contributed by atoms with Gasteiger partial charge < -0.3 is 15.5 Å². The SMILES string of the molecule is O=C(O)c1ccnc(NC2(CO)CCCC2)c1F. The second-order valence-corrected chi connectivity index (χ2v) is 4.60. The van der Waals surface area contributed by atoms with Crippen molar-refractivity contribution in [2.45, 2.75) is 31.2 Å². The van der Waals surface area contributed by atoms with Gasteiger partial charge in [-0.15, -0.1) is 0 Å². The molecule has 0 radical (unpaired) electrons. The Morgan fingerprint density at radius 1 is 1.50 bits per heavy atom. The molecule has 0 unspecified atom stereocenters. The molecule has 18 heavy (non-hydrogen) atoms. The summed E-state index contributed by atoms with van der Waals surface area (Å²) in [6.07, 6.45) is 4.60. The van der Waals surface area contributed by atoms with Gasteiger partial charge in [0.1, 0.15) is 5.56 Å². The topological polar surface area (TPSA) is 82.5 Å². The molecule has 0 bridgehead atoms. The maximum Gasteiger partial charge on any atom is 0.338 e. The standard InChI is InChI=1S/C12H15FN2O3/c13-9-8(11(17)18)3-6-14-10(9)15-12(7-16)4-1-2-5-12/h3,6,16H,1-2,4-5,7H2,(H,14,15)(H,17,18). The highest BCUT2D eigenvalue weighted by atomic mass is 19.1. The van der Waals surface area contributed by atoms with Gasteiger partial charge in [-0.25, -0.2) is 14.2 Å². The Hall–Kier alpha value is -1.69. The van der Waals surface area contributed by atoms with Crippen LogP contribution < -0.4 is 5.32 Å². The number of aliphatic hydroxyl groups excluding tert-OH is 1. The molecule has 2 rings (SSSR count). The van der Waals surface area contributed by atoms with Crippen molar-refractivity contribution in [1.29, 1.82) is 0 Å². The van der Waals surface area contributed by atoms with Crippen LogP contribution in [-0.2, 0) is 0 Å². The summed E-state index contributed by atoms with van der Waals surface area (Å²) in [5, 5.41) is 21.1. The predicted molar refractivity (Wildman–Crippen MR) is 63.1 cm³/mol. The zero-order valence-corrected chi connectivity index (χ0v) is 9.82. The summed E-state index contributed by atoms with van der Waals surface area (Å²) >= 11 is 0. The number of aliphatic hydroxyl groups is 1. The summed E-state index contributed by atoms with van der Waals surface area (Å²) in [5.74, 6) is -2.32. The summed E-state index contributed by atoms with van der Waals surface area (Å²) in [5.41, 5.74) is -0.996. The number of carboxylic acids is 1. The van der Waals surface area contributed by atoms with Crippen molar-refractivity contribution in [2.75, 3.05) is 11.9 Å². The summed E-state index contributed by atoms with van der Waals surface area (Å²) in [6.45, 7) is -0.120. The molecular formula is C12H15FN2O3. The summed E-state index contributed by atoms with van der Waals surface area (Å²) in [7, 11) is 0. The van der Waals surface area contributed by atoms with E-state index in [0.29, 0.717) is 0 Å². The normalized spacial score (nSPS) is 17.7. The van der Waals surface area contributed by atoms with Crippen LogP contribution in [0.25, 0.3) is 0 Å². The van der Waals surface area contributed by atoms with Crippen LogP contribution in [0.2, 0.25) is 0 Å². The first-order valence-electron chi connectivity index (χ1n) is 5.85. The minimum atomic E-state index is -1.33. The largest absolute Gasteiger partial charge is 0.478 e. The number of hydrogen-bond acceptors (Lipinski definition) is 4. The van der Waals surface area contributed by atoms with E-state index >= 15 is 0 Å². The number of pyridine rings is 1. The van der Waals surface area contributed by atoms with Gasteiger partial charge in [0.05, 0.1) is 12.1 Å². The van der Waals surface area contributed by atoms with Crippen LogP contribution >= 0.6 is 0 Å². The van der Waals surface area contributed by atoms with Crippen molar-refractivity contribution in [3.05, 3.63) is 23.6 Å². The van der Waals surface area contributed by atoms with Gasteiger partial charge in [0.25, 0.3) is 0 Å². The van der Waals surface area contributed by atoms with Gasteiger partial charge in [-0.1, -0.05) is 12.8 Å². The van der Waals surface area contributed by atoms with E-state index in [-0.39, 0.29) is 12.4 Å². The second-order valence-electron chi connectivity index (χ2n) is 4.60. The van der Waals surface area contributed by atoms with E-state index in [1.54, 1.807) is 0 Å². The highest BCUT2D eigenvalue weighted by Crippen LogP contribution is 2.33. The Labute approximate surface area is 104 Å². The third-order valence-corrected chi connectivity index (χ3v) is 3.37. The molecule has 1 aromatic heterocycles. The van der Waals surface area contributed by atoms with Gasteiger partial charge >= 0.3 is 5.97 Å². The predicted octanol–water partition coefficient (Wildman–Crippen LogP) is 1.64. The molecule has 1 aliphatic rings. The maximum absolute atomic E-state index is 13.9. The van der Waals surface area contributed by atoms with Gasteiger partial charge in [0.15, 0.2) is 11.6 Å². The monoisotopic (exact) mass is 254 g/mol. The second kappa shape index (κ2) is 4.89. The fourth-order valence-corrected chi connectivity index (χ4v) is 2.32. The molecule has 98 valence electrons. The molecule has 0 spiro atoms. The first-order valence-corrected chi connectivity index (χ1v) is 5.85. The first-order chi connectivity index (χ1) is 8.58. The van der Waals surface area contributed by atoms with E-state index < -0.39 is 22.9 Å². The average molecular weight is 254 g/mol. The molecule has 0 aromatic carbocycles. The van der Waals surface area contributed by atoms with Crippen LogP contribution in [-0.4, -0.2) is 33.3 Å². The number of anilines is 1. The highest BCUT2D eigenvalue weighted by molar-refractivity contribution is 5.88. The van der Waals surface area contributed by atoms with Gasteiger partial charge in [-0.2, -0.15) is 0 Å². The van der Waals surface area contributed by atoms with Crippen molar-refractivity contribution in [1.82, 2.24) is 4.98 Å². The number of nitrogens with one attached hydrogen (secondary N) is 1. The van der Waals surface area contributed by atoms with Gasteiger partial charge in [-0.05, 0) is 18.9 Å². The minimum absolute atomic E-state index is 0.106. The molecule has 1 heterocycles. The number of aromatic nitrogens is 1. The van der Waals surface area contributed by atoms with Crippen LogP contribution in [0.5, 0.6) is 0 Å². The Bertz CT molecular complexity index is 459. The molecule has 0 amide bonds. The van der Waals surface area contributed by atoms with Crippen LogP contribution in [0, 0.1) is 5.82 Å². The van der Waals surface area contributed by atoms with Gasteiger partial charge in [0.2, 0.25) is 0 Å². The smallest absolute Gasteiger partial charge is 0.338 e. The molecular weight excluding hydrogens is 239 g/mol. The Morgan fingerprint density at radius 2 is 2.17 bits per heavy atom. The molecule has 0 saturated heterocycles. The van der Waals surface area contributed by atoms with Crippen molar-refractivity contribution in [3.8, 4) is 0 Å². The lowest BCUT2D eigenvalue weighted by molar-refractivity contribution is 0.0691. The molecule has 1 aliphatic carbocycles. The quantitative estimate of drug-likeness (QED) is 0.760. The van der Waals surface area contributed by atoms with Crippen LogP contribution in [0.1, 0.15) is 36.0 Å². The van der Waals surface area contributed by atoms with Crippen molar-refractivity contribution >= 4 is 11.8 Å². The summed E-state index contributed by atoms with van der Waals surface area (Å²) in [6, 6.07) is 1.11. The zero-order chi connectivity index (χ0) is 13.2. The Morgan fingerprint density at radius 3 is 2.72 bits per heavy atom. The number of carbonyl (C=O) groups is 1. The first kappa shape index (κ1) is 12.8. The number of nitrogens with zero attached hydrogens (tertiary/aromatic N) is 1. The van der Waals surface area contributed by atoms with Crippen LogP contribution in [0.4, 0.5) is 10.2 Å². The zero-order valence-electron chi connectivity index (χ0n) is 9.82. The number of halogens is 1. The molecule has 1 saturated carbocycles. The summed E-state index contributed by atoms with van der Waals surface area (Å²) in [4.78, 5) is 14.6. The van der Waals surface area contributed by atoms with Crippen molar-refractivity contribution in [3.63, 3.8) is 0 Å². The van der Waals surface area contributed by atoms with Crippen molar-refractivity contribution < 1.29 is 19.4 Å². The summed E-state index contributed by atoms with van der Waals surface area (Å²) < 4.78 is 13.9. The van der Waals surface area contributed by atoms with E-state index in [4.69, 9.17) is 5.11 Å². The van der Waals surface area contributed by atoms with E-state index in [1.807, 2.05) is 0 Å². The molecule has 3 N–H and O–H groups in total. The molecule has 0 atom stereocenters. The van der Waals surface area contributed by atoms with E-state index in [0.717, 1.165) is 31.7 Å². The fraction of sp³-hybridized carbons (Fsp3) is 0.500. The van der Waals surface area contributed by atoms with E-state index in [9.17, 15) is 14.3 Å². The van der Waals surface area contributed by atoms with E-state index in [1.165, 1.54) is 6.20 Å². The Balaban J connectivity index is 2.29. The number of rotatable bonds is 4.